The minimum Gasteiger partial charge on any atom is -0.368 e. The lowest BCUT2D eigenvalue weighted by atomic mass is 10.00. The average molecular weight is 199 g/mol. The number of amides is 1. The van der Waals surface area contributed by atoms with Gasteiger partial charge in [-0.1, -0.05) is 12.8 Å². The highest BCUT2D eigenvalue weighted by molar-refractivity contribution is 5.79. The maximum Gasteiger partial charge on any atom is 0.235 e. The summed E-state index contributed by atoms with van der Waals surface area (Å²) in [5.41, 5.74) is 10.6. The summed E-state index contributed by atoms with van der Waals surface area (Å²) >= 11 is 0. The molecule has 0 aliphatic heterocycles. The van der Waals surface area contributed by atoms with Crippen molar-refractivity contribution >= 4 is 5.91 Å². The number of hydrogen-bond donors (Lipinski definition) is 3. The van der Waals surface area contributed by atoms with Crippen LogP contribution >= 0.6 is 0 Å². The predicted molar refractivity (Wildman–Crippen MR) is 56.6 cm³/mol. The van der Waals surface area contributed by atoms with Gasteiger partial charge < -0.3 is 16.8 Å². The molecule has 1 rings (SSSR count). The Labute approximate surface area is 85.4 Å². The van der Waals surface area contributed by atoms with E-state index in [0.717, 1.165) is 5.92 Å². The van der Waals surface area contributed by atoms with E-state index in [9.17, 15) is 4.79 Å². The molecule has 0 spiro atoms. The van der Waals surface area contributed by atoms with E-state index in [1.807, 2.05) is 0 Å². The second-order valence-corrected chi connectivity index (χ2v) is 4.25. The van der Waals surface area contributed by atoms with Gasteiger partial charge in [0.15, 0.2) is 0 Å². The Morgan fingerprint density at radius 1 is 1.50 bits per heavy atom. The molecule has 0 bridgehead atoms. The molecule has 0 saturated heterocycles. The third-order valence-electron chi connectivity index (χ3n) is 3.13. The van der Waals surface area contributed by atoms with Crippen molar-refractivity contribution in [1.82, 2.24) is 5.32 Å². The number of carbonyl (C=O) groups excluding carboxylic acids is 1. The van der Waals surface area contributed by atoms with Gasteiger partial charge in [-0.25, -0.2) is 0 Å². The van der Waals surface area contributed by atoms with Crippen LogP contribution in [0, 0.1) is 5.92 Å². The Kier molecular flexibility index (Phi) is 4.35. The van der Waals surface area contributed by atoms with Crippen molar-refractivity contribution in [2.45, 2.75) is 44.7 Å². The summed E-state index contributed by atoms with van der Waals surface area (Å²) in [6, 6.07) is -0.109. The number of nitrogens with two attached hydrogens (primary N) is 2. The van der Waals surface area contributed by atoms with Crippen LogP contribution in [0.3, 0.4) is 0 Å². The number of nitrogens with one attached hydrogen (secondary N) is 1. The van der Waals surface area contributed by atoms with Crippen molar-refractivity contribution in [1.29, 1.82) is 0 Å². The monoisotopic (exact) mass is 199 g/mol. The van der Waals surface area contributed by atoms with Crippen LogP contribution in [0.25, 0.3) is 0 Å². The van der Waals surface area contributed by atoms with Crippen LogP contribution in [0.2, 0.25) is 0 Å². The van der Waals surface area contributed by atoms with Gasteiger partial charge in [0.25, 0.3) is 0 Å². The van der Waals surface area contributed by atoms with Crippen molar-refractivity contribution < 1.29 is 4.79 Å². The third-order valence-corrected chi connectivity index (χ3v) is 3.13. The Balaban J connectivity index is 2.19. The summed E-state index contributed by atoms with van der Waals surface area (Å²) in [6.07, 6.45) is 5.25. The van der Waals surface area contributed by atoms with Crippen LogP contribution in [0.1, 0.15) is 32.6 Å². The van der Waals surface area contributed by atoms with E-state index in [1.54, 1.807) is 0 Å². The van der Waals surface area contributed by atoms with E-state index in [-0.39, 0.29) is 0 Å². The van der Waals surface area contributed by atoms with Crippen LogP contribution < -0.4 is 16.8 Å². The van der Waals surface area contributed by atoms with Gasteiger partial charge >= 0.3 is 0 Å². The van der Waals surface area contributed by atoms with Gasteiger partial charge in [-0.15, -0.1) is 0 Å². The molecular weight excluding hydrogens is 178 g/mol. The van der Waals surface area contributed by atoms with Crippen molar-refractivity contribution in [3.05, 3.63) is 0 Å². The van der Waals surface area contributed by atoms with E-state index >= 15 is 0 Å². The van der Waals surface area contributed by atoms with Gasteiger partial charge in [-0.2, -0.15) is 0 Å². The molecule has 0 aromatic carbocycles. The first-order chi connectivity index (χ1) is 6.61. The molecule has 4 heteroatoms. The number of carbonyl (C=O) groups is 1. The van der Waals surface area contributed by atoms with E-state index in [1.165, 1.54) is 25.7 Å². The molecule has 1 unspecified atom stereocenters. The van der Waals surface area contributed by atoms with Crippen LogP contribution in [-0.4, -0.2) is 24.5 Å². The molecule has 0 aromatic heterocycles. The highest BCUT2D eigenvalue weighted by Crippen LogP contribution is 2.27. The van der Waals surface area contributed by atoms with Crippen LogP contribution in [-0.2, 0) is 4.79 Å². The van der Waals surface area contributed by atoms with Crippen molar-refractivity contribution in [2.24, 2.45) is 17.4 Å². The zero-order valence-corrected chi connectivity index (χ0v) is 8.83. The maximum absolute atomic E-state index is 10.7. The van der Waals surface area contributed by atoms with E-state index in [2.05, 4.69) is 12.2 Å². The van der Waals surface area contributed by atoms with Crippen molar-refractivity contribution in [2.75, 3.05) is 6.54 Å². The molecule has 1 fully saturated rings. The van der Waals surface area contributed by atoms with Crippen LogP contribution in [0.5, 0.6) is 0 Å². The number of hydrogen-bond acceptors (Lipinski definition) is 3. The van der Waals surface area contributed by atoms with Crippen molar-refractivity contribution in [3.8, 4) is 0 Å². The summed E-state index contributed by atoms with van der Waals surface area (Å²) in [5, 5.41) is 3.28. The molecule has 0 heterocycles. The topological polar surface area (TPSA) is 81.1 Å². The fourth-order valence-corrected chi connectivity index (χ4v) is 2.04. The number of rotatable bonds is 5. The van der Waals surface area contributed by atoms with Gasteiger partial charge in [-0.05, 0) is 25.7 Å². The van der Waals surface area contributed by atoms with Crippen LogP contribution in [0.15, 0.2) is 0 Å². The maximum atomic E-state index is 10.7. The lowest BCUT2D eigenvalue weighted by Gasteiger charge is -2.21. The van der Waals surface area contributed by atoms with Gasteiger partial charge in [0, 0.05) is 12.6 Å². The zero-order valence-electron chi connectivity index (χ0n) is 8.83. The summed E-state index contributed by atoms with van der Waals surface area (Å²) in [4.78, 5) is 10.7. The summed E-state index contributed by atoms with van der Waals surface area (Å²) in [6.45, 7) is 2.65. The SMILES string of the molecule is C[C@@H](NCC(N)C(N)=O)C1CCCC1. The summed E-state index contributed by atoms with van der Waals surface area (Å²) < 4.78 is 0. The molecule has 1 aliphatic rings. The highest BCUT2D eigenvalue weighted by Gasteiger charge is 2.21. The molecular formula is C10H21N3O. The normalized spacial score (nSPS) is 22.1. The zero-order chi connectivity index (χ0) is 10.6. The molecule has 14 heavy (non-hydrogen) atoms. The van der Waals surface area contributed by atoms with E-state index < -0.39 is 11.9 Å². The summed E-state index contributed by atoms with van der Waals surface area (Å²) in [5.74, 6) is 0.311. The van der Waals surface area contributed by atoms with Gasteiger partial charge in [-0.3, -0.25) is 4.79 Å². The molecule has 4 nitrogen and oxygen atoms in total. The molecule has 0 radical (unpaired) electrons. The standard InChI is InChI=1S/C10H21N3O/c1-7(8-4-2-3-5-8)13-6-9(11)10(12)14/h7-9,13H,2-6,11H2,1H3,(H2,12,14)/t7-,9?/m1/s1. The average Bonchev–Trinajstić information content (AvgIpc) is 2.66. The largest absolute Gasteiger partial charge is 0.368 e. The Hall–Kier alpha value is -0.610. The summed E-state index contributed by atoms with van der Waals surface area (Å²) in [7, 11) is 0. The van der Waals surface area contributed by atoms with Crippen LogP contribution in [0.4, 0.5) is 0 Å². The number of primary amides is 1. The fourth-order valence-electron chi connectivity index (χ4n) is 2.04. The fraction of sp³-hybridized carbons (Fsp3) is 0.900. The molecule has 1 aliphatic carbocycles. The van der Waals surface area contributed by atoms with E-state index in [0.29, 0.717) is 12.6 Å². The smallest absolute Gasteiger partial charge is 0.235 e. The van der Waals surface area contributed by atoms with Gasteiger partial charge in [0.05, 0.1) is 6.04 Å². The van der Waals surface area contributed by atoms with Gasteiger partial charge in [0.1, 0.15) is 0 Å². The Bertz CT molecular complexity index is 190. The lowest BCUT2D eigenvalue weighted by molar-refractivity contribution is -0.119. The lowest BCUT2D eigenvalue weighted by Crippen LogP contribution is -2.47. The molecule has 5 N–H and O–H groups in total. The first-order valence-corrected chi connectivity index (χ1v) is 5.39. The quantitative estimate of drug-likeness (QED) is 0.581. The Morgan fingerprint density at radius 3 is 2.57 bits per heavy atom. The third kappa shape index (κ3) is 3.27. The second-order valence-electron chi connectivity index (χ2n) is 4.25. The predicted octanol–water partition coefficient (Wildman–Crippen LogP) is -0.0327. The van der Waals surface area contributed by atoms with E-state index in [4.69, 9.17) is 11.5 Å². The van der Waals surface area contributed by atoms with Gasteiger partial charge in [0.2, 0.25) is 5.91 Å². The molecule has 1 saturated carbocycles. The molecule has 0 aromatic rings. The second kappa shape index (κ2) is 5.32. The first kappa shape index (κ1) is 11.5. The highest BCUT2D eigenvalue weighted by atomic mass is 16.1. The van der Waals surface area contributed by atoms with Crippen molar-refractivity contribution in [3.63, 3.8) is 0 Å². The Morgan fingerprint density at radius 2 is 2.07 bits per heavy atom. The molecule has 1 amide bonds. The minimum absolute atomic E-state index is 0.434. The first-order valence-electron chi connectivity index (χ1n) is 5.39. The molecule has 82 valence electrons. The minimum atomic E-state index is -0.557. The molecule has 2 atom stereocenters.